The molecule has 0 bridgehead atoms. The number of rotatable bonds is 4. The van der Waals surface area contributed by atoms with Crippen molar-refractivity contribution in [3.8, 4) is 0 Å². The summed E-state index contributed by atoms with van der Waals surface area (Å²) in [5.41, 5.74) is 0.840. The van der Waals surface area contributed by atoms with Crippen LogP contribution in [0.15, 0.2) is 42.5 Å². The van der Waals surface area contributed by atoms with E-state index in [2.05, 4.69) is 0 Å². The number of esters is 1. The molecule has 4 nitrogen and oxygen atoms in total. The van der Waals surface area contributed by atoms with Crippen LogP contribution in [0.2, 0.25) is 0 Å². The molecule has 0 aliphatic heterocycles. The molecule has 0 saturated carbocycles. The van der Waals surface area contributed by atoms with E-state index in [4.69, 9.17) is 9.84 Å². The molecule has 0 saturated heterocycles. The van der Waals surface area contributed by atoms with E-state index in [1.807, 2.05) is 42.5 Å². The van der Waals surface area contributed by atoms with Crippen molar-refractivity contribution in [2.45, 2.75) is 13.0 Å². The lowest BCUT2D eigenvalue weighted by atomic mass is 10.1. The minimum Gasteiger partial charge on any atom is -0.481 e. The van der Waals surface area contributed by atoms with Crippen LogP contribution in [-0.4, -0.2) is 17.0 Å². The van der Waals surface area contributed by atoms with Crippen molar-refractivity contribution in [1.29, 1.82) is 0 Å². The summed E-state index contributed by atoms with van der Waals surface area (Å²) < 4.78 is 4.87. The number of aliphatic carboxylic acids is 1. The van der Waals surface area contributed by atoms with Gasteiger partial charge < -0.3 is 9.84 Å². The topological polar surface area (TPSA) is 63.6 Å². The van der Waals surface area contributed by atoms with Gasteiger partial charge in [-0.1, -0.05) is 36.4 Å². The fourth-order valence-corrected chi connectivity index (χ4v) is 1.67. The Morgan fingerprint density at radius 1 is 1.06 bits per heavy atom. The minimum atomic E-state index is -1.18. The number of carboxylic acids is 1. The van der Waals surface area contributed by atoms with Gasteiger partial charge in [0.2, 0.25) is 0 Å². The fourth-order valence-electron chi connectivity index (χ4n) is 1.67. The molecule has 0 unspecified atom stereocenters. The number of fused-ring (bicyclic) bond motifs is 1. The second-order valence-electron chi connectivity index (χ2n) is 3.91. The van der Waals surface area contributed by atoms with Crippen LogP contribution < -0.4 is 0 Å². The van der Waals surface area contributed by atoms with E-state index in [1.165, 1.54) is 0 Å². The maximum Gasteiger partial charge on any atom is 0.317 e. The molecule has 0 radical (unpaired) electrons. The summed E-state index contributed by atoms with van der Waals surface area (Å²) >= 11 is 0. The maximum absolute atomic E-state index is 11.1. The largest absolute Gasteiger partial charge is 0.481 e. The molecule has 0 aromatic heterocycles. The third kappa shape index (κ3) is 3.07. The monoisotopic (exact) mass is 244 g/mol. The van der Waals surface area contributed by atoms with Crippen molar-refractivity contribution in [1.82, 2.24) is 0 Å². The van der Waals surface area contributed by atoms with Gasteiger partial charge in [-0.15, -0.1) is 0 Å². The zero-order chi connectivity index (χ0) is 13.0. The van der Waals surface area contributed by atoms with Crippen molar-refractivity contribution in [3.63, 3.8) is 0 Å². The molecular weight excluding hydrogens is 232 g/mol. The molecule has 0 aliphatic rings. The van der Waals surface area contributed by atoms with Crippen LogP contribution in [0.1, 0.15) is 12.0 Å². The van der Waals surface area contributed by atoms with Gasteiger partial charge in [0.05, 0.1) is 0 Å². The molecule has 0 atom stereocenters. The van der Waals surface area contributed by atoms with Crippen LogP contribution in [0.4, 0.5) is 0 Å². The van der Waals surface area contributed by atoms with Gasteiger partial charge in [-0.25, -0.2) is 0 Å². The molecule has 1 N–H and O–H groups in total. The lowest BCUT2D eigenvalue weighted by Gasteiger charge is -2.05. The van der Waals surface area contributed by atoms with Gasteiger partial charge in [0.15, 0.2) is 0 Å². The fraction of sp³-hybridized carbons (Fsp3) is 0.143. The number of ether oxygens (including phenoxy) is 1. The number of hydrogen-bond donors (Lipinski definition) is 1. The van der Waals surface area contributed by atoms with E-state index >= 15 is 0 Å². The van der Waals surface area contributed by atoms with Crippen molar-refractivity contribution in [3.05, 3.63) is 48.0 Å². The first-order valence-corrected chi connectivity index (χ1v) is 5.50. The van der Waals surface area contributed by atoms with E-state index in [-0.39, 0.29) is 6.61 Å². The molecule has 2 rings (SSSR count). The summed E-state index contributed by atoms with van der Waals surface area (Å²) in [6.45, 7) is 0.0942. The maximum atomic E-state index is 11.1. The van der Waals surface area contributed by atoms with Gasteiger partial charge in [-0.2, -0.15) is 0 Å². The van der Waals surface area contributed by atoms with Crippen molar-refractivity contribution in [2.24, 2.45) is 0 Å². The van der Waals surface area contributed by atoms with E-state index in [9.17, 15) is 9.59 Å². The van der Waals surface area contributed by atoms with Crippen molar-refractivity contribution < 1.29 is 19.4 Å². The zero-order valence-electron chi connectivity index (χ0n) is 9.63. The van der Waals surface area contributed by atoms with E-state index in [0.29, 0.717) is 0 Å². The van der Waals surface area contributed by atoms with Crippen LogP contribution in [-0.2, 0) is 20.9 Å². The smallest absolute Gasteiger partial charge is 0.317 e. The van der Waals surface area contributed by atoms with Gasteiger partial charge in [0, 0.05) is 0 Å². The van der Waals surface area contributed by atoms with E-state index < -0.39 is 18.4 Å². The van der Waals surface area contributed by atoms with Gasteiger partial charge in [-0.05, 0) is 22.4 Å². The first kappa shape index (κ1) is 12.1. The predicted molar refractivity (Wildman–Crippen MR) is 66.0 cm³/mol. The Kier molecular flexibility index (Phi) is 3.57. The normalized spacial score (nSPS) is 10.2. The van der Waals surface area contributed by atoms with Crippen molar-refractivity contribution >= 4 is 22.7 Å². The summed E-state index contributed by atoms with van der Waals surface area (Å²) in [5, 5.41) is 10.6. The molecule has 0 fully saturated rings. The third-order valence-corrected chi connectivity index (χ3v) is 2.51. The summed E-state index contributed by atoms with van der Waals surface area (Å²) in [6, 6.07) is 13.6. The highest BCUT2D eigenvalue weighted by atomic mass is 16.5. The van der Waals surface area contributed by atoms with Gasteiger partial charge in [0.1, 0.15) is 13.0 Å². The molecular formula is C14H12O4. The number of carbonyl (C=O) groups excluding carboxylic acids is 1. The highest BCUT2D eigenvalue weighted by Crippen LogP contribution is 2.16. The Hall–Kier alpha value is -2.36. The highest BCUT2D eigenvalue weighted by Gasteiger charge is 2.08. The Bertz CT molecular complexity index is 589. The lowest BCUT2D eigenvalue weighted by molar-refractivity contribution is -0.152. The Morgan fingerprint density at radius 3 is 2.50 bits per heavy atom. The second kappa shape index (κ2) is 5.31. The Morgan fingerprint density at radius 2 is 1.78 bits per heavy atom. The molecule has 0 amide bonds. The van der Waals surface area contributed by atoms with Crippen LogP contribution >= 0.6 is 0 Å². The molecule has 2 aromatic carbocycles. The van der Waals surface area contributed by atoms with Gasteiger partial charge in [0.25, 0.3) is 0 Å². The zero-order valence-corrected chi connectivity index (χ0v) is 9.63. The minimum absolute atomic E-state index is 0.0942. The summed E-state index contributed by atoms with van der Waals surface area (Å²) in [6.07, 6.45) is -0.604. The lowest BCUT2D eigenvalue weighted by Crippen LogP contribution is -2.10. The molecule has 0 heterocycles. The van der Waals surface area contributed by atoms with Crippen LogP contribution in [0.3, 0.4) is 0 Å². The third-order valence-electron chi connectivity index (χ3n) is 2.51. The second-order valence-corrected chi connectivity index (χ2v) is 3.91. The SMILES string of the molecule is O=C(O)CC(=O)OCc1ccc2ccccc2c1. The van der Waals surface area contributed by atoms with Crippen LogP contribution in [0, 0.1) is 0 Å². The van der Waals surface area contributed by atoms with Crippen LogP contribution in [0.5, 0.6) is 0 Å². The quantitative estimate of drug-likeness (QED) is 0.662. The summed E-state index contributed by atoms with van der Waals surface area (Å²) in [7, 11) is 0. The Labute approximate surface area is 104 Å². The molecule has 0 aliphatic carbocycles. The molecule has 18 heavy (non-hydrogen) atoms. The first-order valence-electron chi connectivity index (χ1n) is 5.50. The summed E-state index contributed by atoms with van der Waals surface area (Å²) in [4.78, 5) is 21.4. The summed E-state index contributed by atoms with van der Waals surface area (Å²) in [5.74, 6) is -1.91. The standard InChI is InChI=1S/C14H12O4/c15-13(16)8-14(17)18-9-10-5-6-11-3-1-2-4-12(11)7-10/h1-7H,8-9H2,(H,15,16). The average molecular weight is 244 g/mol. The predicted octanol–water partition coefficient (Wildman–Crippen LogP) is 2.36. The van der Waals surface area contributed by atoms with E-state index in [0.717, 1.165) is 16.3 Å². The molecule has 92 valence electrons. The number of carbonyl (C=O) groups is 2. The van der Waals surface area contributed by atoms with Crippen molar-refractivity contribution in [2.75, 3.05) is 0 Å². The van der Waals surface area contributed by atoms with Gasteiger partial charge >= 0.3 is 11.9 Å². The number of hydrogen-bond acceptors (Lipinski definition) is 3. The highest BCUT2D eigenvalue weighted by molar-refractivity contribution is 5.90. The average Bonchev–Trinajstić information content (AvgIpc) is 2.35. The molecule has 2 aromatic rings. The first-order chi connectivity index (χ1) is 8.65. The van der Waals surface area contributed by atoms with Gasteiger partial charge in [-0.3, -0.25) is 9.59 Å². The van der Waals surface area contributed by atoms with Crippen LogP contribution in [0.25, 0.3) is 10.8 Å². The van der Waals surface area contributed by atoms with E-state index in [1.54, 1.807) is 0 Å². The Balaban J connectivity index is 2.04. The molecule has 4 heteroatoms. The molecule has 0 spiro atoms. The number of benzene rings is 2. The number of carboxylic acid groups (broad SMARTS) is 1.